The second kappa shape index (κ2) is 5.52. The first-order valence-corrected chi connectivity index (χ1v) is 6.69. The van der Waals surface area contributed by atoms with Crippen molar-refractivity contribution in [3.63, 3.8) is 0 Å². The number of fused-ring (bicyclic) bond motifs is 1. The number of H-pyrrole nitrogens is 1. The summed E-state index contributed by atoms with van der Waals surface area (Å²) in [5.41, 5.74) is -2.76. The number of halogens is 3. The molecule has 0 bridgehead atoms. The van der Waals surface area contributed by atoms with Gasteiger partial charge in [-0.2, -0.15) is 13.2 Å². The molecule has 0 aliphatic heterocycles. The van der Waals surface area contributed by atoms with E-state index >= 15 is 0 Å². The molecular formula is C15H10F3N3O3. The molecule has 3 aromatic rings. The molecular weight excluding hydrogens is 327 g/mol. The zero-order valence-corrected chi connectivity index (χ0v) is 12.2. The Labute approximate surface area is 132 Å². The molecule has 0 aliphatic carbocycles. The van der Waals surface area contributed by atoms with E-state index < -0.39 is 34.6 Å². The van der Waals surface area contributed by atoms with E-state index in [4.69, 9.17) is 0 Å². The molecule has 0 amide bonds. The lowest BCUT2D eigenvalue weighted by molar-refractivity contribution is -0.141. The molecule has 0 fully saturated rings. The average molecular weight is 337 g/mol. The fourth-order valence-electron chi connectivity index (χ4n) is 2.29. The van der Waals surface area contributed by atoms with Crippen molar-refractivity contribution in [1.29, 1.82) is 0 Å². The highest BCUT2D eigenvalue weighted by Crippen LogP contribution is 2.32. The van der Waals surface area contributed by atoms with E-state index in [9.17, 15) is 22.8 Å². The zero-order valence-electron chi connectivity index (χ0n) is 12.2. The Bertz CT molecular complexity index is 975. The van der Waals surface area contributed by atoms with Crippen LogP contribution in [0.15, 0.2) is 41.2 Å². The zero-order chi connectivity index (χ0) is 17.5. The Kier molecular flexibility index (Phi) is 3.63. The van der Waals surface area contributed by atoms with Crippen LogP contribution in [0.5, 0.6) is 0 Å². The van der Waals surface area contributed by atoms with Gasteiger partial charge >= 0.3 is 12.1 Å². The summed E-state index contributed by atoms with van der Waals surface area (Å²) in [5.74, 6) is -1.24. The predicted octanol–water partition coefficient (Wildman–Crippen LogP) is 2.50. The first-order chi connectivity index (χ1) is 11.3. The minimum absolute atomic E-state index is 0.151. The summed E-state index contributed by atoms with van der Waals surface area (Å²) in [6, 6.07) is 9.50. The van der Waals surface area contributed by atoms with Crippen molar-refractivity contribution in [2.45, 2.75) is 6.18 Å². The molecule has 9 heteroatoms. The minimum Gasteiger partial charge on any atom is -0.465 e. The number of nitrogens with one attached hydrogen (secondary N) is 1. The molecule has 0 radical (unpaired) electrons. The maximum absolute atomic E-state index is 13.2. The number of ether oxygens (including phenoxy) is 1. The second-order valence-electron chi connectivity index (χ2n) is 4.86. The van der Waals surface area contributed by atoms with Crippen LogP contribution in [0, 0.1) is 0 Å². The van der Waals surface area contributed by atoms with Crippen LogP contribution in [0.3, 0.4) is 0 Å². The number of carbonyl (C=O) groups excluding carboxylic acids is 1. The number of esters is 1. The van der Waals surface area contributed by atoms with Gasteiger partial charge in [0.1, 0.15) is 5.56 Å². The van der Waals surface area contributed by atoms with Gasteiger partial charge in [-0.1, -0.05) is 30.3 Å². The van der Waals surface area contributed by atoms with Crippen molar-refractivity contribution >= 4 is 11.6 Å². The summed E-state index contributed by atoms with van der Waals surface area (Å²) in [4.78, 5) is 28.0. The van der Waals surface area contributed by atoms with Crippen LogP contribution in [-0.4, -0.2) is 27.7 Å². The third-order valence-electron chi connectivity index (χ3n) is 3.36. The number of aromatic amines is 1. The van der Waals surface area contributed by atoms with Crippen molar-refractivity contribution in [3.05, 3.63) is 58.0 Å². The van der Waals surface area contributed by atoms with Crippen LogP contribution in [0.4, 0.5) is 13.2 Å². The highest BCUT2D eigenvalue weighted by molar-refractivity contribution is 5.97. The van der Waals surface area contributed by atoms with E-state index in [0.717, 1.165) is 13.2 Å². The standard InChI is InChI=1S/C15H10F3N3O3/c1-24-14(23)11-12(15(16,17)18)20-21-10(22)7-9(19-13(11)21)8-5-3-2-4-6-8/h2-7,20H,1H3. The molecule has 0 atom stereocenters. The topological polar surface area (TPSA) is 76.5 Å². The van der Waals surface area contributed by atoms with Crippen molar-refractivity contribution in [3.8, 4) is 11.3 Å². The minimum atomic E-state index is -4.88. The largest absolute Gasteiger partial charge is 0.465 e. The molecule has 2 aromatic heterocycles. The van der Waals surface area contributed by atoms with Gasteiger partial charge in [0.15, 0.2) is 11.3 Å². The summed E-state index contributed by atoms with van der Waals surface area (Å²) in [7, 11) is 0.950. The van der Waals surface area contributed by atoms with Crippen molar-refractivity contribution in [2.75, 3.05) is 7.11 Å². The molecule has 0 spiro atoms. The summed E-state index contributed by atoms with van der Waals surface area (Å²) < 4.78 is 44.4. The lowest BCUT2D eigenvalue weighted by Gasteiger charge is -2.05. The van der Waals surface area contributed by atoms with E-state index in [1.807, 2.05) is 5.10 Å². The third kappa shape index (κ3) is 2.53. The highest BCUT2D eigenvalue weighted by Gasteiger charge is 2.40. The lowest BCUT2D eigenvalue weighted by Crippen LogP contribution is -2.15. The highest BCUT2D eigenvalue weighted by atomic mass is 19.4. The van der Waals surface area contributed by atoms with Crippen LogP contribution >= 0.6 is 0 Å². The molecule has 6 nitrogen and oxygen atoms in total. The number of aromatic nitrogens is 3. The van der Waals surface area contributed by atoms with Gasteiger partial charge in [0, 0.05) is 11.6 Å². The fourth-order valence-corrected chi connectivity index (χ4v) is 2.29. The SMILES string of the molecule is COC(=O)c1c(C(F)(F)F)[nH]n2c(=O)cc(-c3ccccc3)nc12. The molecule has 1 N–H and O–H groups in total. The number of nitrogens with zero attached hydrogens (tertiary/aromatic N) is 2. The number of alkyl halides is 3. The van der Waals surface area contributed by atoms with Crippen LogP contribution in [0.1, 0.15) is 16.1 Å². The van der Waals surface area contributed by atoms with Crippen molar-refractivity contribution in [1.82, 2.24) is 14.6 Å². The summed E-state index contributed by atoms with van der Waals surface area (Å²) in [6.45, 7) is 0. The summed E-state index contributed by atoms with van der Waals surface area (Å²) in [5, 5.41) is 1.88. The Balaban J connectivity index is 2.37. The number of benzene rings is 1. The Morgan fingerprint density at radius 1 is 1.25 bits per heavy atom. The third-order valence-corrected chi connectivity index (χ3v) is 3.36. The predicted molar refractivity (Wildman–Crippen MR) is 77.6 cm³/mol. The Morgan fingerprint density at radius 3 is 2.50 bits per heavy atom. The fraction of sp³-hybridized carbons (Fsp3) is 0.133. The molecule has 124 valence electrons. The number of hydrogen-bond donors (Lipinski definition) is 1. The van der Waals surface area contributed by atoms with E-state index in [1.54, 1.807) is 30.3 Å². The molecule has 1 aromatic carbocycles. The summed E-state index contributed by atoms with van der Waals surface area (Å²) in [6.07, 6.45) is -4.88. The van der Waals surface area contributed by atoms with Crippen molar-refractivity contribution < 1.29 is 22.7 Å². The van der Waals surface area contributed by atoms with Crippen molar-refractivity contribution in [2.24, 2.45) is 0 Å². The van der Waals surface area contributed by atoms with Gasteiger partial charge in [0.2, 0.25) is 0 Å². The van der Waals surface area contributed by atoms with Crippen LogP contribution in [-0.2, 0) is 10.9 Å². The van der Waals surface area contributed by atoms with Crippen LogP contribution in [0.25, 0.3) is 16.9 Å². The van der Waals surface area contributed by atoms with Gasteiger partial charge in [0.05, 0.1) is 12.8 Å². The normalized spacial score (nSPS) is 11.7. The van der Waals surface area contributed by atoms with Gasteiger partial charge in [-0.15, -0.1) is 0 Å². The number of rotatable bonds is 2. The number of hydrogen-bond acceptors (Lipinski definition) is 4. The van der Waals surface area contributed by atoms with Crippen LogP contribution < -0.4 is 5.56 Å². The van der Waals surface area contributed by atoms with Gasteiger partial charge in [-0.05, 0) is 0 Å². The second-order valence-corrected chi connectivity index (χ2v) is 4.86. The van der Waals surface area contributed by atoms with Gasteiger partial charge in [-0.3, -0.25) is 9.89 Å². The number of methoxy groups -OCH3 is 1. The van der Waals surface area contributed by atoms with E-state index in [-0.39, 0.29) is 5.69 Å². The molecule has 24 heavy (non-hydrogen) atoms. The molecule has 3 rings (SSSR count). The molecule has 0 saturated heterocycles. The molecule has 2 heterocycles. The first kappa shape index (κ1) is 15.8. The molecule has 0 unspecified atom stereocenters. The maximum atomic E-state index is 13.2. The van der Waals surface area contributed by atoms with E-state index in [0.29, 0.717) is 10.1 Å². The quantitative estimate of drug-likeness (QED) is 0.729. The van der Waals surface area contributed by atoms with Gasteiger partial charge < -0.3 is 4.74 Å². The average Bonchev–Trinajstić information content (AvgIpc) is 2.95. The Morgan fingerprint density at radius 2 is 1.92 bits per heavy atom. The van der Waals surface area contributed by atoms with Crippen LogP contribution in [0.2, 0.25) is 0 Å². The van der Waals surface area contributed by atoms with Gasteiger partial charge in [0.25, 0.3) is 5.56 Å². The van der Waals surface area contributed by atoms with E-state index in [2.05, 4.69) is 9.72 Å². The first-order valence-electron chi connectivity index (χ1n) is 6.69. The maximum Gasteiger partial charge on any atom is 0.433 e. The van der Waals surface area contributed by atoms with Gasteiger partial charge in [-0.25, -0.2) is 14.3 Å². The number of carbonyl (C=O) groups is 1. The molecule has 0 aliphatic rings. The summed E-state index contributed by atoms with van der Waals surface area (Å²) >= 11 is 0. The van der Waals surface area contributed by atoms with E-state index in [1.165, 1.54) is 0 Å². The Hall–Kier alpha value is -3.10. The monoisotopic (exact) mass is 337 g/mol. The molecule has 0 saturated carbocycles. The lowest BCUT2D eigenvalue weighted by atomic mass is 10.1. The smallest absolute Gasteiger partial charge is 0.433 e.